The number of carbonyl (C=O) groups excluding carboxylic acids is 2. The first-order valence-electron chi connectivity index (χ1n) is 9.89. The third-order valence-electron chi connectivity index (χ3n) is 6.01. The second kappa shape index (κ2) is 10.5. The van der Waals surface area contributed by atoms with Crippen molar-refractivity contribution in [3.63, 3.8) is 0 Å². The third kappa shape index (κ3) is 5.12. The van der Waals surface area contributed by atoms with Crippen LogP contribution in [0.5, 0.6) is 0 Å². The molecule has 0 bridgehead atoms. The molecule has 3 rings (SSSR count). The first-order chi connectivity index (χ1) is 12.3. The minimum absolute atomic E-state index is 0. The van der Waals surface area contributed by atoms with E-state index >= 15 is 0 Å². The molecule has 0 saturated carbocycles. The van der Waals surface area contributed by atoms with E-state index in [0.29, 0.717) is 25.8 Å². The molecule has 3 heterocycles. The van der Waals surface area contributed by atoms with Gasteiger partial charge in [0.1, 0.15) is 0 Å². The highest BCUT2D eigenvalue weighted by Gasteiger charge is 2.56. The van der Waals surface area contributed by atoms with Gasteiger partial charge in [-0.15, -0.1) is 24.8 Å². The lowest BCUT2D eigenvalue weighted by molar-refractivity contribution is -0.134. The van der Waals surface area contributed by atoms with Gasteiger partial charge in [-0.05, 0) is 51.7 Å². The lowest BCUT2D eigenvalue weighted by Crippen LogP contribution is -2.43. The van der Waals surface area contributed by atoms with Gasteiger partial charge in [0, 0.05) is 13.0 Å². The zero-order valence-corrected chi connectivity index (χ0v) is 19.2. The van der Waals surface area contributed by atoms with Crippen LogP contribution < -0.4 is 0 Å². The van der Waals surface area contributed by atoms with Gasteiger partial charge in [0.15, 0.2) is 0 Å². The van der Waals surface area contributed by atoms with Gasteiger partial charge in [-0.2, -0.15) is 0 Å². The maximum absolute atomic E-state index is 12.8. The summed E-state index contributed by atoms with van der Waals surface area (Å²) in [5, 5.41) is 0. The largest absolute Gasteiger partial charge is 0.337 e. The van der Waals surface area contributed by atoms with Gasteiger partial charge < -0.3 is 9.80 Å². The van der Waals surface area contributed by atoms with Crippen molar-refractivity contribution in [2.24, 2.45) is 5.92 Å². The predicted molar refractivity (Wildman–Crippen MR) is 113 cm³/mol. The number of nitrogens with zero attached hydrogens (tertiary/aromatic N) is 3. The minimum Gasteiger partial charge on any atom is -0.337 e. The van der Waals surface area contributed by atoms with E-state index in [1.807, 2.05) is 6.92 Å². The lowest BCUT2D eigenvalue weighted by Gasteiger charge is -2.27. The van der Waals surface area contributed by atoms with Crippen LogP contribution in [0.25, 0.3) is 0 Å². The fourth-order valence-electron chi connectivity index (χ4n) is 4.92. The SMILES string of the molecule is CCC[C@H]1C(=O)N(S(C)(=O)=O)[C@H]2CCN(C(=O)CCCN3CCCC3)[C@H]12.Cl.Cl. The van der Waals surface area contributed by atoms with Crippen LogP contribution in [-0.4, -0.2) is 78.9 Å². The van der Waals surface area contributed by atoms with Crippen molar-refractivity contribution in [1.82, 2.24) is 14.1 Å². The molecular formula is C18H33Cl2N3O4S. The van der Waals surface area contributed by atoms with Gasteiger partial charge >= 0.3 is 0 Å². The monoisotopic (exact) mass is 457 g/mol. The van der Waals surface area contributed by atoms with Crippen molar-refractivity contribution < 1.29 is 18.0 Å². The lowest BCUT2D eigenvalue weighted by atomic mass is 9.94. The number of halogens is 2. The summed E-state index contributed by atoms with van der Waals surface area (Å²) in [4.78, 5) is 29.7. The number of hydrogen-bond donors (Lipinski definition) is 0. The number of hydrogen-bond acceptors (Lipinski definition) is 5. The summed E-state index contributed by atoms with van der Waals surface area (Å²) in [6.45, 7) is 5.73. The maximum Gasteiger partial charge on any atom is 0.241 e. The van der Waals surface area contributed by atoms with Crippen LogP contribution in [0.4, 0.5) is 0 Å². The summed E-state index contributed by atoms with van der Waals surface area (Å²) < 4.78 is 25.3. The molecule has 0 aliphatic carbocycles. The Kier molecular flexibility index (Phi) is 9.51. The van der Waals surface area contributed by atoms with Crippen LogP contribution >= 0.6 is 24.8 Å². The molecule has 3 fully saturated rings. The number of sulfonamides is 1. The van der Waals surface area contributed by atoms with E-state index in [2.05, 4.69) is 4.90 Å². The van der Waals surface area contributed by atoms with Gasteiger partial charge in [-0.25, -0.2) is 12.7 Å². The summed E-state index contributed by atoms with van der Waals surface area (Å²) in [6.07, 6.45) is 6.87. The Balaban J connectivity index is 0.00000196. The highest BCUT2D eigenvalue weighted by molar-refractivity contribution is 7.88. The number of rotatable bonds is 7. The molecule has 3 saturated heterocycles. The Labute approximate surface area is 181 Å². The fourth-order valence-corrected chi connectivity index (χ4v) is 6.11. The zero-order chi connectivity index (χ0) is 18.9. The van der Waals surface area contributed by atoms with Crippen molar-refractivity contribution in [2.75, 3.05) is 32.4 Å². The molecule has 2 amide bonds. The number of fused-ring (bicyclic) bond motifs is 1. The van der Waals surface area contributed by atoms with Gasteiger partial charge in [-0.1, -0.05) is 13.3 Å². The molecule has 3 atom stereocenters. The Hall–Kier alpha value is -0.570. The summed E-state index contributed by atoms with van der Waals surface area (Å²) >= 11 is 0. The molecule has 3 aliphatic rings. The Bertz CT molecular complexity index is 655. The molecule has 3 aliphatic heterocycles. The average Bonchev–Trinajstić information content (AvgIpc) is 3.25. The van der Waals surface area contributed by atoms with Gasteiger partial charge in [0.25, 0.3) is 0 Å². The summed E-state index contributed by atoms with van der Waals surface area (Å²) in [5.41, 5.74) is 0. The minimum atomic E-state index is -3.60. The molecule has 0 radical (unpaired) electrons. The molecule has 28 heavy (non-hydrogen) atoms. The molecular weight excluding hydrogens is 425 g/mol. The summed E-state index contributed by atoms with van der Waals surface area (Å²) in [7, 11) is -3.60. The van der Waals surface area contributed by atoms with Crippen molar-refractivity contribution in [3.8, 4) is 0 Å². The predicted octanol–water partition coefficient (Wildman–Crippen LogP) is 1.89. The van der Waals surface area contributed by atoms with Crippen molar-refractivity contribution in [3.05, 3.63) is 0 Å². The molecule has 0 N–H and O–H groups in total. The van der Waals surface area contributed by atoms with Crippen LogP contribution in [0.3, 0.4) is 0 Å². The van der Waals surface area contributed by atoms with E-state index in [4.69, 9.17) is 0 Å². The second-order valence-corrected chi connectivity index (χ2v) is 9.74. The third-order valence-corrected chi connectivity index (χ3v) is 7.17. The molecule has 7 nitrogen and oxygen atoms in total. The first kappa shape index (κ1) is 25.5. The summed E-state index contributed by atoms with van der Waals surface area (Å²) in [6, 6.07) is -0.659. The van der Waals surface area contributed by atoms with E-state index < -0.39 is 10.0 Å². The Morgan fingerprint density at radius 2 is 1.79 bits per heavy atom. The average molecular weight is 458 g/mol. The summed E-state index contributed by atoms with van der Waals surface area (Å²) in [5.74, 6) is -0.635. The van der Waals surface area contributed by atoms with E-state index in [1.54, 1.807) is 4.90 Å². The quantitative estimate of drug-likeness (QED) is 0.583. The van der Waals surface area contributed by atoms with E-state index in [-0.39, 0.29) is 54.6 Å². The highest BCUT2D eigenvalue weighted by Crippen LogP contribution is 2.40. The zero-order valence-electron chi connectivity index (χ0n) is 16.7. The van der Waals surface area contributed by atoms with Gasteiger partial charge in [0.2, 0.25) is 21.8 Å². The van der Waals surface area contributed by atoms with Crippen LogP contribution in [0.1, 0.15) is 51.9 Å². The van der Waals surface area contributed by atoms with E-state index in [1.165, 1.54) is 12.8 Å². The molecule has 0 aromatic carbocycles. The van der Waals surface area contributed by atoms with Crippen LogP contribution in [0.2, 0.25) is 0 Å². The van der Waals surface area contributed by atoms with E-state index in [9.17, 15) is 18.0 Å². The smallest absolute Gasteiger partial charge is 0.241 e. The fraction of sp³-hybridized carbons (Fsp3) is 0.889. The van der Waals surface area contributed by atoms with Crippen molar-refractivity contribution >= 4 is 46.7 Å². The van der Waals surface area contributed by atoms with Crippen LogP contribution in [0.15, 0.2) is 0 Å². The van der Waals surface area contributed by atoms with Crippen LogP contribution in [-0.2, 0) is 19.6 Å². The van der Waals surface area contributed by atoms with Crippen LogP contribution in [0, 0.1) is 5.92 Å². The number of carbonyl (C=O) groups is 2. The number of amides is 2. The topological polar surface area (TPSA) is 78.0 Å². The number of likely N-dealkylation sites (tertiary alicyclic amines) is 2. The highest BCUT2D eigenvalue weighted by atomic mass is 35.5. The van der Waals surface area contributed by atoms with Crippen molar-refractivity contribution in [2.45, 2.75) is 64.0 Å². The molecule has 10 heteroatoms. The van der Waals surface area contributed by atoms with E-state index in [0.717, 1.165) is 43.0 Å². The Morgan fingerprint density at radius 3 is 2.36 bits per heavy atom. The first-order valence-corrected chi connectivity index (χ1v) is 11.7. The molecule has 0 unspecified atom stereocenters. The van der Waals surface area contributed by atoms with Gasteiger partial charge in [-0.3, -0.25) is 9.59 Å². The molecule has 0 spiro atoms. The normalized spacial score (nSPS) is 27.5. The molecule has 164 valence electrons. The second-order valence-electron chi connectivity index (χ2n) is 7.88. The molecule has 0 aromatic rings. The van der Waals surface area contributed by atoms with Gasteiger partial charge in [0.05, 0.1) is 24.3 Å². The van der Waals surface area contributed by atoms with Crippen molar-refractivity contribution in [1.29, 1.82) is 0 Å². The Morgan fingerprint density at radius 1 is 1.14 bits per heavy atom. The standard InChI is InChI=1S/C18H31N3O4S.2ClH/c1-3-7-14-17-15(21(18(14)23)26(2,24)25)9-13-20(17)16(22)8-6-12-19-10-4-5-11-19;;/h14-15,17H,3-13H2,1-2H3;2*1H/t14-,15+,17-;;/m1../s1. The maximum atomic E-state index is 12.8. The molecule has 0 aromatic heterocycles.